The number of benzene rings is 4. The van der Waals surface area contributed by atoms with Crippen molar-refractivity contribution in [1.82, 2.24) is 0 Å². The van der Waals surface area contributed by atoms with Gasteiger partial charge in [-0.15, -0.1) is 0 Å². The number of hydrogen-bond acceptors (Lipinski definition) is 2. The molecule has 136 valence electrons. The minimum absolute atomic E-state index is 0.337. The standard InChI is InChI=1S/C27H16O2/c28-27-25(17-24-16-22-8-4-5-9-23(22)18-26(24)29-27)21-14-12-20(13-15-21)11-10-19-6-2-1-3-7-19/h1-9,12-18H. The summed E-state index contributed by atoms with van der Waals surface area (Å²) in [5.41, 5.74) is 3.50. The van der Waals surface area contributed by atoms with Gasteiger partial charge in [-0.3, -0.25) is 0 Å². The van der Waals surface area contributed by atoms with Crippen molar-refractivity contribution in [2.45, 2.75) is 0 Å². The van der Waals surface area contributed by atoms with E-state index in [1.54, 1.807) is 0 Å². The van der Waals surface area contributed by atoms with Crippen LogP contribution in [0.2, 0.25) is 0 Å². The van der Waals surface area contributed by atoms with Crippen LogP contribution in [0.1, 0.15) is 11.1 Å². The first-order chi connectivity index (χ1) is 14.3. The summed E-state index contributed by atoms with van der Waals surface area (Å²) in [5.74, 6) is 6.29. The molecule has 0 amide bonds. The molecule has 0 atom stereocenters. The zero-order valence-corrected chi connectivity index (χ0v) is 15.6. The predicted octanol–water partition coefficient (Wildman–Crippen LogP) is 6.01. The van der Waals surface area contributed by atoms with Crippen molar-refractivity contribution in [2.75, 3.05) is 0 Å². The van der Waals surface area contributed by atoms with E-state index in [9.17, 15) is 4.79 Å². The van der Waals surface area contributed by atoms with E-state index in [0.717, 1.165) is 32.8 Å². The van der Waals surface area contributed by atoms with Crippen molar-refractivity contribution in [1.29, 1.82) is 0 Å². The topological polar surface area (TPSA) is 30.2 Å². The van der Waals surface area contributed by atoms with Crippen LogP contribution in [0.4, 0.5) is 0 Å². The maximum atomic E-state index is 12.6. The average Bonchev–Trinajstić information content (AvgIpc) is 2.77. The lowest BCUT2D eigenvalue weighted by atomic mass is 10.0. The van der Waals surface area contributed by atoms with Crippen molar-refractivity contribution < 1.29 is 4.42 Å². The lowest BCUT2D eigenvalue weighted by Gasteiger charge is -2.05. The SMILES string of the molecule is O=c1oc2cc3ccccc3cc2cc1-c1ccc(C#Cc2ccccc2)cc1. The largest absolute Gasteiger partial charge is 0.422 e. The molecule has 0 unspecified atom stereocenters. The number of rotatable bonds is 1. The van der Waals surface area contributed by atoms with E-state index in [2.05, 4.69) is 24.0 Å². The normalized spacial score (nSPS) is 10.6. The van der Waals surface area contributed by atoms with E-state index in [0.29, 0.717) is 11.1 Å². The van der Waals surface area contributed by atoms with Gasteiger partial charge in [0.2, 0.25) is 0 Å². The van der Waals surface area contributed by atoms with Crippen LogP contribution in [-0.2, 0) is 0 Å². The van der Waals surface area contributed by atoms with Gasteiger partial charge in [0.25, 0.3) is 0 Å². The van der Waals surface area contributed by atoms with Crippen LogP contribution in [-0.4, -0.2) is 0 Å². The van der Waals surface area contributed by atoms with Gasteiger partial charge in [-0.05, 0) is 58.8 Å². The van der Waals surface area contributed by atoms with Crippen molar-refractivity contribution >= 4 is 21.7 Å². The summed E-state index contributed by atoms with van der Waals surface area (Å²) in [5, 5.41) is 3.08. The van der Waals surface area contributed by atoms with E-state index < -0.39 is 0 Å². The zero-order valence-electron chi connectivity index (χ0n) is 15.6. The third kappa shape index (κ3) is 3.42. The maximum absolute atomic E-state index is 12.6. The molecule has 1 aromatic heterocycles. The molecule has 0 saturated heterocycles. The summed E-state index contributed by atoms with van der Waals surface area (Å²) in [4.78, 5) is 12.6. The summed E-state index contributed by atoms with van der Waals surface area (Å²) in [6.07, 6.45) is 0. The highest BCUT2D eigenvalue weighted by Gasteiger charge is 2.09. The summed E-state index contributed by atoms with van der Waals surface area (Å²) in [6, 6.07) is 31.4. The molecule has 4 aromatic carbocycles. The van der Waals surface area contributed by atoms with Gasteiger partial charge in [0.15, 0.2) is 0 Å². The average molecular weight is 372 g/mol. The molecule has 2 nitrogen and oxygen atoms in total. The second-order valence-corrected chi connectivity index (χ2v) is 6.88. The molecule has 0 fully saturated rings. The summed E-state index contributed by atoms with van der Waals surface area (Å²) < 4.78 is 5.61. The highest BCUT2D eigenvalue weighted by molar-refractivity contribution is 5.96. The van der Waals surface area contributed by atoms with Gasteiger partial charge in [0.1, 0.15) is 5.58 Å². The molecule has 0 spiro atoms. The first kappa shape index (κ1) is 17.0. The van der Waals surface area contributed by atoms with Crippen LogP contribution >= 0.6 is 0 Å². The van der Waals surface area contributed by atoms with Crippen LogP contribution in [0.25, 0.3) is 32.9 Å². The monoisotopic (exact) mass is 372 g/mol. The van der Waals surface area contributed by atoms with E-state index in [4.69, 9.17) is 4.42 Å². The quantitative estimate of drug-likeness (QED) is 0.205. The van der Waals surface area contributed by atoms with Gasteiger partial charge in [0.05, 0.1) is 5.56 Å². The van der Waals surface area contributed by atoms with Gasteiger partial charge in [-0.2, -0.15) is 0 Å². The fourth-order valence-electron chi connectivity index (χ4n) is 3.41. The third-order valence-electron chi connectivity index (χ3n) is 4.92. The minimum Gasteiger partial charge on any atom is -0.422 e. The molecule has 1 heterocycles. The smallest absolute Gasteiger partial charge is 0.344 e. The molecule has 0 bridgehead atoms. The second kappa shape index (κ2) is 7.14. The van der Waals surface area contributed by atoms with E-state index >= 15 is 0 Å². The molecular formula is C27H16O2. The van der Waals surface area contributed by atoms with Crippen LogP contribution in [0.5, 0.6) is 0 Å². The Bertz CT molecular complexity index is 1450. The van der Waals surface area contributed by atoms with Crippen LogP contribution in [0.15, 0.2) is 106 Å². The lowest BCUT2D eigenvalue weighted by Crippen LogP contribution is -2.02. The molecule has 0 aliphatic heterocycles. The zero-order chi connectivity index (χ0) is 19.6. The number of fused-ring (bicyclic) bond motifs is 2. The summed E-state index contributed by atoms with van der Waals surface area (Å²) >= 11 is 0. The second-order valence-electron chi connectivity index (χ2n) is 6.88. The van der Waals surface area contributed by atoms with Crippen molar-refractivity contribution in [3.63, 3.8) is 0 Å². The number of hydrogen-bond donors (Lipinski definition) is 0. The Morgan fingerprint density at radius 3 is 1.93 bits per heavy atom. The Labute approximate surface area is 168 Å². The summed E-state index contributed by atoms with van der Waals surface area (Å²) in [7, 11) is 0. The van der Waals surface area contributed by atoms with Crippen LogP contribution < -0.4 is 5.63 Å². The lowest BCUT2D eigenvalue weighted by molar-refractivity contribution is 0.564. The van der Waals surface area contributed by atoms with Gasteiger partial charge in [-0.25, -0.2) is 4.79 Å². The predicted molar refractivity (Wildman–Crippen MR) is 118 cm³/mol. The Hall–Kier alpha value is -4.09. The molecule has 0 saturated carbocycles. The van der Waals surface area contributed by atoms with E-state index in [1.165, 1.54) is 0 Å². The van der Waals surface area contributed by atoms with Gasteiger partial charge in [0, 0.05) is 16.5 Å². The minimum atomic E-state index is -0.337. The van der Waals surface area contributed by atoms with Crippen molar-refractivity contribution in [2.24, 2.45) is 0 Å². The maximum Gasteiger partial charge on any atom is 0.344 e. The Balaban J connectivity index is 1.53. The van der Waals surface area contributed by atoms with Crippen molar-refractivity contribution in [3.8, 4) is 23.0 Å². The Morgan fingerprint density at radius 2 is 1.21 bits per heavy atom. The van der Waals surface area contributed by atoms with E-state index in [-0.39, 0.29) is 5.63 Å². The van der Waals surface area contributed by atoms with Crippen LogP contribution in [0, 0.1) is 11.8 Å². The molecular weight excluding hydrogens is 356 g/mol. The van der Waals surface area contributed by atoms with Crippen LogP contribution in [0.3, 0.4) is 0 Å². The van der Waals surface area contributed by atoms with Gasteiger partial charge >= 0.3 is 5.63 Å². The van der Waals surface area contributed by atoms with E-state index in [1.807, 2.05) is 84.9 Å². The Morgan fingerprint density at radius 1 is 0.586 bits per heavy atom. The first-order valence-corrected chi connectivity index (χ1v) is 9.40. The Kier molecular flexibility index (Phi) is 4.20. The fraction of sp³-hybridized carbons (Fsp3) is 0. The highest BCUT2D eigenvalue weighted by Crippen LogP contribution is 2.25. The molecule has 0 radical (unpaired) electrons. The molecule has 0 aliphatic rings. The third-order valence-corrected chi connectivity index (χ3v) is 4.92. The highest BCUT2D eigenvalue weighted by atomic mass is 16.4. The molecule has 29 heavy (non-hydrogen) atoms. The molecule has 2 heteroatoms. The molecule has 0 N–H and O–H groups in total. The fourth-order valence-corrected chi connectivity index (χ4v) is 3.41. The molecule has 0 aliphatic carbocycles. The molecule has 5 aromatic rings. The molecule has 5 rings (SSSR count). The van der Waals surface area contributed by atoms with Crippen molar-refractivity contribution in [3.05, 3.63) is 119 Å². The summed E-state index contributed by atoms with van der Waals surface area (Å²) in [6.45, 7) is 0. The first-order valence-electron chi connectivity index (χ1n) is 9.40. The van der Waals surface area contributed by atoms with Gasteiger partial charge in [-0.1, -0.05) is 66.4 Å². The van der Waals surface area contributed by atoms with Gasteiger partial charge < -0.3 is 4.42 Å².